The van der Waals surface area contributed by atoms with Gasteiger partial charge in [-0.15, -0.1) is 0 Å². The number of halogens is 3. The van der Waals surface area contributed by atoms with Gasteiger partial charge in [0.15, 0.2) is 0 Å². The number of benzene rings is 15. The Morgan fingerprint density at radius 2 is 0.686 bits per heavy atom. The van der Waals surface area contributed by atoms with Crippen LogP contribution >= 0.6 is 11.8 Å². The molecule has 20 rings (SSSR count). The Balaban J connectivity index is 0.903. The van der Waals surface area contributed by atoms with Crippen LogP contribution in [0.3, 0.4) is 0 Å². The lowest BCUT2D eigenvalue weighted by Gasteiger charge is -2.47. The highest BCUT2D eigenvalue weighted by Crippen LogP contribution is 2.60. The first-order valence-corrected chi connectivity index (χ1v) is 35.3. The summed E-state index contributed by atoms with van der Waals surface area (Å²) in [5.41, 5.74) is 25.9. The van der Waals surface area contributed by atoms with Crippen molar-refractivity contribution < 1.29 is 13.2 Å². The number of para-hydroxylation sites is 7. The highest BCUT2D eigenvalue weighted by molar-refractivity contribution is 8.00. The minimum atomic E-state index is -4.77. The maximum Gasteiger partial charge on any atom is 0.418 e. The van der Waals surface area contributed by atoms with E-state index in [0.717, 1.165) is 155 Å². The van der Waals surface area contributed by atoms with Gasteiger partial charge in [-0.1, -0.05) is 254 Å². The molecule has 5 aliphatic heterocycles. The second kappa shape index (κ2) is 23.6. The number of hydrogen-bond donors (Lipinski definition) is 0. The van der Waals surface area contributed by atoms with Gasteiger partial charge >= 0.3 is 6.18 Å². The van der Waals surface area contributed by atoms with Crippen LogP contribution in [0.25, 0.3) is 44.5 Å². The van der Waals surface area contributed by atoms with Crippen LogP contribution in [0.15, 0.2) is 362 Å². The molecule has 0 saturated carbocycles. The standard InChI is InChI=1S/C91H58B2F3N5S/c94-91(95,96)74-41-25-40-73-71-38-19-20-39-72(71)85-89-77(92-75-42-21-23-44-79(75)99(65-34-15-5-16-35-65)81-54-69(55-82(86(81)92)101(89)88(73)74)97(63-30-11-3-12-31-63)64-32-13-4-14-33-64)58-78-90(85)102-84-57-70(56-83-87(84)93(78)76-43-22-24-45-80(76)100(83)66-36-17-6-18-37-66)98(67-50-46-61(47-51-67)59-26-7-1-8-27-59)68-52-48-62(49-53-68)60-28-9-2-10-29-60/h1-58H. The summed E-state index contributed by atoms with van der Waals surface area (Å²) in [6.07, 6.45) is -4.77. The third-order valence-corrected chi connectivity index (χ3v) is 22.2. The summed E-state index contributed by atoms with van der Waals surface area (Å²) in [6.45, 7) is -0.806. The fourth-order valence-electron chi connectivity index (χ4n) is 16.8. The van der Waals surface area contributed by atoms with E-state index in [0.29, 0.717) is 11.3 Å². The highest BCUT2D eigenvalue weighted by Gasteiger charge is 2.52. The molecule has 0 unspecified atom stereocenters. The molecule has 0 aliphatic carbocycles. The average molecular weight is 1330 g/mol. The van der Waals surface area contributed by atoms with Crippen molar-refractivity contribution in [3.8, 4) is 44.5 Å². The maximum absolute atomic E-state index is 17.0. The molecule has 0 fully saturated rings. The van der Waals surface area contributed by atoms with E-state index in [1.807, 2.05) is 72.8 Å². The molecule has 5 heterocycles. The Bertz CT molecular complexity index is 5690. The zero-order valence-corrected chi connectivity index (χ0v) is 55.7. The molecule has 480 valence electrons. The first-order chi connectivity index (χ1) is 50.3. The van der Waals surface area contributed by atoms with E-state index in [-0.39, 0.29) is 12.4 Å². The number of alkyl halides is 3. The van der Waals surface area contributed by atoms with Gasteiger partial charge in [-0.05, 0) is 176 Å². The van der Waals surface area contributed by atoms with Crippen LogP contribution in [-0.4, -0.2) is 13.4 Å². The molecular weight excluding hydrogens is 1270 g/mol. The fourth-order valence-corrected chi connectivity index (χ4v) is 18.1. The van der Waals surface area contributed by atoms with Gasteiger partial charge in [0.25, 0.3) is 6.71 Å². The Morgan fingerprint density at radius 1 is 0.284 bits per heavy atom. The minimum absolute atomic E-state index is 0.0887. The third-order valence-electron chi connectivity index (χ3n) is 21.0. The van der Waals surface area contributed by atoms with Crippen molar-refractivity contribution in [1.82, 2.24) is 0 Å². The van der Waals surface area contributed by atoms with Gasteiger partial charge in [-0.2, -0.15) is 13.2 Å². The molecule has 5 nitrogen and oxygen atoms in total. The molecule has 0 saturated heterocycles. The summed E-state index contributed by atoms with van der Waals surface area (Å²) in [7, 11) is 0. The van der Waals surface area contributed by atoms with Gasteiger partial charge in [0, 0.05) is 89.2 Å². The first-order valence-electron chi connectivity index (χ1n) is 34.5. The maximum atomic E-state index is 17.0. The molecule has 15 aromatic rings. The molecule has 0 radical (unpaired) electrons. The van der Waals surface area contributed by atoms with Crippen LogP contribution in [-0.2, 0) is 6.18 Å². The molecular formula is C91H58B2F3N5S. The van der Waals surface area contributed by atoms with Crippen LogP contribution in [0.1, 0.15) is 5.56 Å². The molecule has 11 heteroatoms. The summed E-state index contributed by atoms with van der Waals surface area (Å²) in [5.74, 6) is 0. The predicted molar refractivity (Wildman–Crippen MR) is 420 cm³/mol. The second-order valence-electron chi connectivity index (χ2n) is 26.6. The molecule has 0 bridgehead atoms. The number of hydrogen-bond acceptors (Lipinski definition) is 6. The zero-order valence-electron chi connectivity index (χ0n) is 54.9. The lowest BCUT2D eigenvalue weighted by Crippen LogP contribution is -2.64. The van der Waals surface area contributed by atoms with Crippen molar-refractivity contribution >= 4 is 143 Å². The van der Waals surface area contributed by atoms with Crippen LogP contribution in [0.5, 0.6) is 0 Å². The van der Waals surface area contributed by atoms with Crippen molar-refractivity contribution in [2.75, 3.05) is 24.5 Å². The Kier molecular flexibility index (Phi) is 13.8. The normalized spacial score (nSPS) is 13.1. The van der Waals surface area contributed by atoms with Crippen LogP contribution in [0, 0.1) is 0 Å². The van der Waals surface area contributed by atoms with Crippen molar-refractivity contribution in [3.05, 3.63) is 357 Å². The van der Waals surface area contributed by atoms with Gasteiger partial charge in [-0.25, -0.2) is 0 Å². The monoisotopic (exact) mass is 1330 g/mol. The zero-order chi connectivity index (χ0) is 67.7. The lowest BCUT2D eigenvalue weighted by molar-refractivity contribution is -0.137. The molecule has 0 amide bonds. The topological polar surface area (TPSA) is 16.2 Å². The van der Waals surface area contributed by atoms with Crippen LogP contribution < -0.4 is 57.3 Å². The van der Waals surface area contributed by atoms with Crippen molar-refractivity contribution in [1.29, 1.82) is 0 Å². The Hall–Kier alpha value is -12.4. The van der Waals surface area contributed by atoms with Crippen molar-refractivity contribution in [2.45, 2.75) is 16.0 Å². The first kappa shape index (κ1) is 59.6. The average Bonchev–Trinajstić information content (AvgIpc) is 1.16. The molecule has 15 aromatic carbocycles. The minimum Gasteiger partial charge on any atom is -0.311 e. The van der Waals surface area contributed by atoms with E-state index in [1.54, 1.807) is 17.8 Å². The molecule has 5 aliphatic rings. The Labute approximate surface area is 595 Å². The van der Waals surface area contributed by atoms with E-state index < -0.39 is 18.5 Å². The third kappa shape index (κ3) is 9.38. The van der Waals surface area contributed by atoms with Crippen molar-refractivity contribution in [3.63, 3.8) is 0 Å². The quantitative estimate of drug-likeness (QED) is 0.126. The summed E-state index contributed by atoms with van der Waals surface area (Å²) < 4.78 is 51.0. The number of nitrogens with zero attached hydrogens (tertiary/aromatic N) is 5. The van der Waals surface area contributed by atoms with Gasteiger partial charge in [0.2, 0.25) is 6.71 Å². The summed E-state index contributed by atoms with van der Waals surface area (Å²) in [6, 6.07) is 123. The summed E-state index contributed by atoms with van der Waals surface area (Å²) >= 11 is 1.74. The number of rotatable bonds is 10. The predicted octanol–water partition coefficient (Wildman–Crippen LogP) is 21.5. The summed E-state index contributed by atoms with van der Waals surface area (Å²) in [4.78, 5) is 13.5. The summed E-state index contributed by atoms with van der Waals surface area (Å²) in [5, 5.41) is 0. The van der Waals surface area contributed by atoms with E-state index in [1.165, 1.54) is 6.07 Å². The van der Waals surface area contributed by atoms with E-state index >= 15 is 13.2 Å². The van der Waals surface area contributed by atoms with E-state index in [9.17, 15) is 0 Å². The van der Waals surface area contributed by atoms with Crippen molar-refractivity contribution in [2.24, 2.45) is 0 Å². The molecule has 0 N–H and O–H groups in total. The van der Waals surface area contributed by atoms with Gasteiger partial charge < -0.3 is 24.5 Å². The largest absolute Gasteiger partial charge is 0.418 e. The van der Waals surface area contributed by atoms with E-state index in [2.05, 4.69) is 291 Å². The lowest BCUT2D eigenvalue weighted by atomic mass is 9.30. The second-order valence-corrected chi connectivity index (χ2v) is 27.6. The SMILES string of the molecule is FC(F)(F)c1cccc2c1N1c3cc(N(c4ccccc4)c4ccccc4)cc4c3B(c3ccccc3N4c3ccccc3)c3cc4c(c(c31)-c1ccccc1-2)Sc1cc(N(c2ccc(-c3ccccc3)cc2)c2ccc(-c3ccccc3)cc2)cc2c1B4c1ccccc1N2c1ccccc1. The van der Waals surface area contributed by atoms with E-state index in [4.69, 9.17) is 0 Å². The van der Waals surface area contributed by atoms with Gasteiger partial charge in [0.05, 0.1) is 22.6 Å². The molecule has 0 spiro atoms. The fraction of sp³-hybridized carbons (Fsp3) is 0.0110. The molecule has 0 aromatic heterocycles. The van der Waals surface area contributed by atoms with Crippen LogP contribution in [0.4, 0.5) is 98.5 Å². The van der Waals surface area contributed by atoms with Crippen LogP contribution in [0.2, 0.25) is 0 Å². The van der Waals surface area contributed by atoms with Gasteiger partial charge in [0.1, 0.15) is 0 Å². The van der Waals surface area contributed by atoms with Gasteiger partial charge in [-0.3, -0.25) is 0 Å². The highest BCUT2D eigenvalue weighted by atomic mass is 32.2. The molecule has 0 atom stereocenters. The number of fused-ring (bicyclic) bond motifs is 14. The smallest absolute Gasteiger partial charge is 0.311 e. The number of anilines is 15. The Morgan fingerprint density at radius 3 is 1.21 bits per heavy atom. The molecule has 102 heavy (non-hydrogen) atoms.